The van der Waals surface area contributed by atoms with Crippen molar-refractivity contribution in [3.63, 3.8) is 0 Å². The van der Waals surface area contributed by atoms with E-state index in [1.54, 1.807) is 0 Å². The molecule has 1 aliphatic rings. The molecule has 0 amide bonds. The summed E-state index contributed by atoms with van der Waals surface area (Å²) in [6.45, 7) is 0.545. The summed E-state index contributed by atoms with van der Waals surface area (Å²) < 4.78 is 13.1. The standard InChI is InChI=1S/C10H10FNO3/c11-8-4-6(9-1-2-15-12-9)3-7(5-8)10(13)14/h3-5,9,12H,1-2H2,(H,13,14). The highest BCUT2D eigenvalue weighted by atomic mass is 19.1. The van der Waals surface area contributed by atoms with E-state index in [0.29, 0.717) is 18.6 Å². The molecule has 1 heterocycles. The Labute approximate surface area is 85.6 Å². The predicted molar refractivity (Wildman–Crippen MR) is 49.8 cm³/mol. The lowest BCUT2D eigenvalue weighted by molar-refractivity contribution is 0.0695. The van der Waals surface area contributed by atoms with E-state index >= 15 is 0 Å². The molecule has 1 aliphatic heterocycles. The SMILES string of the molecule is O=C(O)c1cc(F)cc(C2CCON2)c1. The van der Waals surface area contributed by atoms with Gasteiger partial charge in [-0.05, 0) is 30.2 Å². The first-order valence-electron chi connectivity index (χ1n) is 4.58. The van der Waals surface area contributed by atoms with Gasteiger partial charge >= 0.3 is 5.97 Å². The maximum Gasteiger partial charge on any atom is 0.335 e. The molecule has 1 fully saturated rings. The summed E-state index contributed by atoms with van der Waals surface area (Å²) in [6, 6.07) is 3.65. The molecule has 0 spiro atoms. The number of hydrogen-bond donors (Lipinski definition) is 2. The lowest BCUT2D eigenvalue weighted by Crippen LogP contribution is -2.12. The molecule has 0 aromatic heterocycles. The Morgan fingerprint density at radius 1 is 1.53 bits per heavy atom. The summed E-state index contributed by atoms with van der Waals surface area (Å²) in [7, 11) is 0. The molecule has 80 valence electrons. The van der Waals surface area contributed by atoms with Crippen LogP contribution < -0.4 is 5.48 Å². The van der Waals surface area contributed by atoms with Crippen LogP contribution in [0.4, 0.5) is 4.39 Å². The van der Waals surface area contributed by atoms with Crippen molar-refractivity contribution in [2.45, 2.75) is 12.5 Å². The molecule has 2 rings (SSSR count). The minimum Gasteiger partial charge on any atom is -0.478 e. The number of halogens is 1. The molecule has 0 bridgehead atoms. The van der Waals surface area contributed by atoms with Crippen molar-refractivity contribution in [1.82, 2.24) is 5.48 Å². The number of hydrogen-bond acceptors (Lipinski definition) is 3. The minimum absolute atomic E-state index is 0.0429. The highest BCUT2D eigenvalue weighted by molar-refractivity contribution is 5.87. The normalized spacial score (nSPS) is 20.5. The first-order valence-corrected chi connectivity index (χ1v) is 4.58. The molecule has 1 saturated heterocycles. The number of aromatic carboxylic acids is 1. The van der Waals surface area contributed by atoms with Gasteiger partial charge < -0.3 is 9.94 Å². The summed E-state index contributed by atoms with van der Waals surface area (Å²) in [6.07, 6.45) is 0.711. The average molecular weight is 211 g/mol. The second kappa shape index (κ2) is 3.96. The number of nitrogens with one attached hydrogen (secondary N) is 1. The van der Waals surface area contributed by atoms with Crippen molar-refractivity contribution < 1.29 is 19.1 Å². The molecule has 1 aromatic carbocycles. The van der Waals surface area contributed by atoms with Gasteiger partial charge in [0.2, 0.25) is 0 Å². The fourth-order valence-electron chi connectivity index (χ4n) is 1.57. The fraction of sp³-hybridized carbons (Fsp3) is 0.300. The Hall–Kier alpha value is -1.46. The lowest BCUT2D eigenvalue weighted by atomic mass is 10.0. The van der Waals surface area contributed by atoms with Crippen molar-refractivity contribution in [2.75, 3.05) is 6.61 Å². The molecule has 0 radical (unpaired) electrons. The number of benzene rings is 1. The van der Waals surface area contributed by atoms with Gasteiger partial charge in [0.05, 0.1) is 18.2 Å². The molecule has 1 unspecified atom stereocenters. The monoisotopic (exact) mass is 211 g/mol. The van der Waals surface area contributed by atoms with Gasteiger partial charge in [0.25, 0.3) is 0 Å². The second-order valence-electron chi connectivity index (χ2n) is 3.39. The average Bonchev–Trinajstić information content (AvgIpc) is 2.69. The fourth-order valence-corrected chi connectivity index (χ4v) is 1.57. The molecule has 0 aliphatic carbocycles. The topological polar surface area (TPSA) is 58.6 Å². The Balaban J connectivity index is 2.34. The maximum absolute atomic E-state index is 13.1. The third-order valence-electron chi connectivity index (χ3n) is 2.30. The Kier molecular flexibility index (Phi) is 2.66. The molecular weight excluding hydrogens is 201 g/mol. The van der Waals surface area contributed by atoms with Gasteiger partial charge in [-0.1, -0.05) is 0 Å². The van der Waals surface area contributed by atoms with Crippen LogP contribution in [0.2, 0.25) is 0 Å². The van der Waals surface area contributed by atoms with Gasteiger partial charge in [-0.15, -0.1) is 0 Å². The quantitative estimate of drug-likeness (QED) is 0.778. The van der Waals surface area contributed by atoms with E-state index in [2.05, 4.69) is 5.48 Å². The molecule has 0 saturated carbocycles. The molecule has 2 N–H and O–H groups in total. The number of carboxylic acid groups (broad SMARTS) is 1. The van der Waals surface area contributed by atoms with Crippen molar-refractivity contribution >= 4 is 5.97 Å². The van der Waals surface area contributed by atoms with Crippen LogP contribution in [-0.2, 0) is 4.84 Å². The summed E-state index contributed by atoms with van der Waals surface area (Å²) in [5.41, 5.74) is 3.27. The van der Waals surface area contributed by atoms with Crippen molar-refractivity contribution in [2.24, 2.45) is 0 Å². The van der Waals surface area contributed by atoms with Gasteiger partial charge in [-0.2, -0.15) is 5.48 Å². The third kappa shape index (κ3) is 2.14. The molecule has 5 heteroatoms. The summed E-state index contributed by atoms with van der Waals surface area (Å²) in [4.78, 5) is 15.6. The third-order valence-corrected chi connectivity index (χ3v) is 2.30. The summed E-state index contributed by atoms with van der Waals surface area (Å²) in [5, 5.41) is 8.76. The van der Waals surface area contributed by atoms with Crippen LogP contribution >= 0.6 is 0 Å². The van der Waals surface area contributed by atoms with Gasteiger partial charge in [-0.3, -0.25) is 0 Å². The highest BCUT2D eigenvalue weighted by Gasteiger charge is 2.19. The summed E-state index contributed by atoms with van der Waals surface area (Å²) in [5.74, 6) is -1.67. The molecule has 4 nitrogen and oxygen atoms in total. The smallest absolute Gasteiger partial charge is 0.335 e. The molecule has 1 atom stereocenters. The zero-order valence-corrected chi connectivity index (χ0v) is 7.87. The number of carboxylic acids is 1. The first kappa shape index (κ1) is 10.1. The van der Waals surface area contributed by atoms with Gasteiger partial charge in [0, 0.05) is 0 Å². The number of rotatable bonds is 2. The number of hydroxylamine groups is 1. The minimum atomic E-state index is -1.13. The van der Waals surface area contributed by atoms with Crippen LogP contribution in [0.25, 0.3) is 0 Å². The number of carbonyl (C=O) groups is 1. The van der Waals surface area contributed by atoms with E-state index in [1.165, 1.54) is 12.1 Å². The van der Waals surface area contributed by atoms with Crippen LogP contribution in [-0.4, -0.2) is 17.7 Å². The lowest BCUT2D eigenvalue weighted by Gasteiger charge is -2.09. The first-order chi connectivity index (χ1) is 7.16. The second-order valence-corrected chi connectivity index (χ2v) is 3.39. The molecule has 15 heavy (non-hydrogen) atoms. The zero-order chi connectivity index (χ0) is 10.8. The highest BCUT2D eigenvalue weighted by Crippen LogP contribution is 2.23. The van der Waals surface area contributed by atoms with Crippen LogP contribution in [0.15, 0.2) is 18.2 Å². The van der Waals surface area contributed by atoms with E-state index in [9.17, 15) is 9.18 Å². The van der Waals surface area contributed by atoms with Gasteiger partial charge in [0.1, 0.15) is 5.82 Å². The van der Waals surface area contributed by atoms with Crippen LogP contribution in [0.3, 0.4) is 0 Å². The van der Waals surface area contributed by atoms with E-state index < -0.39 is 11.8 Å². The summed E-state index contributed by atoms with van der Waals surface area (Å²) >= 11 is 0. The molecular formula is C10H10FNO3. The van der Waals surface area contributed by atoms with Gasteiger partial charge in [-0.25, -0.2) is 9.18 Å². The van der Waals surface area contributed by atoms with Crippen molar-refractivity contribution in [3.8, 4) is 0 Å². The van der Waals surface area contributed by atoms with Crippen LogP contribution in [0, 0.1) is 5.82 Å². The van der Waals surface area contributed by atoms with E-state index in [-0.39, 0.29) is 11.6 Å². The predicted octanol–water partition coefficient (Wildman–Crippen LogP) is 1.49. The van der Waals surface area contributed by atoms with Crippen LogP contribution in [0.1, 0.15) is 28.4 Å². The Morgan fingerprint density at radius 2 is 2.33 bits per heavy atom. The largest absolute Gasteiger partial charge is 0.478 e. The zero-order valence-electron chi connectivity index (χ0n) is 7.87. The van der Waals surface area contributed by atoms with Crippen molar-refractivity contribution in [1.29, 1.82) is 0 Å². The Bertz CT molecular complexity index is 388. The van der Waals surface area contributed by atoms with E-state index in [4.69, 9.17) is 9.94 Å². The maximum atomic E-state index is 13.1. The van der Waals surface area contributed by atoms with E-state index in [0.717, 1.165) is 6.07 Å². The van der Waals surface area contributed by atoms with Gasteiger partial charge in [0.15, 0.2) is 0 Å². The van der Waals surface area contributed by atoms with E-state index in [1.807, 2.05) is 0 Å². The van der Waals surface area contributed by atoms with Crippen molar-refractivity contribution in [3.05, 3.63) is 35.1 Å². The molecule has 1 aromatic rings. The Morgan fingerprint density at radius 3 is 2.93 bits per heavy atom. The van der Waals surface area contributed by atoms with Crippen LogP contribution in [0.5, 0.6) is 0 Å².